The van der Waals surface area contributed by atoms with E-state index in [-0.39, 0.29) is 17.5 Å². The maximum absolute atomic E-state index is 12.9. The third-order valence-electron chi connectivity index (χ3n) is 5.37. The number of amides is 1. The van der Waals surface area contributed by atoms with Crippen molar-refractivity contribution < 1.29 is 32.4 Å². The van der Waals surface area contributed by atoms with Gasteiger partial charge < -0.3 is 19.7 Å². The zero-order chi connectivity index (χ0) is 23.5. The molecule has 1 fully saturated rings. The zero-order valence-corrected chi connectivity index (χ0v) is 17.4. The average Bonchev–Trinajstić information content (AvgIpc) is 2.78. The molecular formula is C21H22F3N3O5. The van der Waals surface area contributed by atoms with Crippen LogP contribution in [-0.4, -0.2) is 38.1 Å². The standard InChI is InChI=1S/C21H22F3N3O5/c1-31-15-4-6-19(32-2)16(12-15)25-20(28)13-7-9-26(10-8-13)17-5-3-14(21(22,23)24)11-18(17)27(29)30/h3-6,11-13H,7-10H2,1-2H3,(H,25,28). The third-order valence-corrected chi connectivity index (χ3v) is 5.37. The number of carbonyl (C=O) groups is 1. The summed E-state index contributed by atoms with van der Waals surface area (Å²) in [6, 6.07) is 7.49. The molecule has 0 aromatic heterocycles. The minimum atomic E-state index is -4.67. The number of carbonyl (C=O) groups excluding carboxylic acids is 1. The minimum absolute atomic E-state index is 0.108. The Labute approximate surface area is 182 Å². The minimum Gasteiger partial charge on any atom is -0.497 e. The highest BCUT2D eigenvalue weighted by molar-refractivity contribution is 5.94. The molecule has 1 heterocycles. The molecule has 0 spiro atoms. The molecule has 8 nitrogen and oxygen atoms in total. The quantitative estimate of drug-likeness (QED) is 0.512. The van der Waals surface area contributed by atoms with E-state index in [1.54, 1.807) is 23.1 Å². The Balaban J connectivity index is 1.70. The first-order valence-corrected chi connectivity index (χ1v) is 9.77. The molecule has 11 heteroatoms. The summed E-state index contributed by atoms with van der Waals surface area (Å²) in [6.45, 7) is 0.582. The van der Waals surface area contributed by atoms with Crippen molar-refractivity contribution in [3.05, 3.63) is 52.1 Å². The van der Waals surface area contributed by atoms with Crippen LogP contribution < -0.4 is 19.7 Å². The van der Waals surface area contributed by atoms with Gasteiger partial charge in [0.05, 0.1) is 30.4 Å². The van der Waals surface area contributed by atoms with Gasteiger partial charge >= 0.3 is 6.18 Å². The lowest BCUT2D eigenvalue weighted by Crippen LogP contribution is -2.38. The van der Waals surface area contributed by atoms with Crippen molar-refractivity contribution >= 4 is 23.0 Å². The predicted octanol–water partition coefficient (Wildman–Crippen LogP) is 4.49. The molecule has 32 heavy (non-hydrogen) atoms. The van der Waals surface area contributed by atoms with Gasteiger partial charge in [0.2, 0.25) is 5.91 Å². The van der Waals surface area contributed by atoms with E-state index in [0.29, 0.717) is 49.2 Å². The smallest absolute Gasteiger partial charge is 0.416 e. The van der Waals surface area contributed by atoms with Crippen molar-refractivity contribution in [1.82, 2.24) is 0 Å². The number of anilines is 2. The van der Waals surface area contributed by atoms with E-state index in [4.69, 9.17) is 9.47 Å². The molecule has 0 bridgehead atoms. The summed E-state index contributed by atoms with van der Waals surface area (Å²) in [5, 5.41) is 14.2. The van der Waals surface area contributed by atoms with Crippen molar-refractivity contribution in [2.45, 2.75) is 19.0 Å². The lowest BCUT2D eigenvalue weighted by molar-refractivity contribution is -0.384. The van der Waals surface area contributed by atoms with Gasteiger partial charge in [-0.05, 0) is 37.1 Å². The Morgan fingerprint density at radius 3 is 2.38 bits per heavy atom. The van der Waals surface area contributed by atoms with Gasteiger partial charge in [0.25, 0.3) is 5.69 Å². The highest BCUT2D eigenvalue weighted by Gasteiger charge is 2.35. The first-order chi connectivity index (χ1) is 15.1. The van der Waals surface area contributed by atoms with E-state index >= 15 is 0 Å². The number of nitrogens with zero attached hydrogens (tertiary/aromatic N) is 2. The number of alkyl halides is 3. The molecule has 0 aliphatic carbocycles. The fourth-order valence-electron chi connectivity index (χ4n) is 3.64. The number of methoxy groups -OCH3 is 2. The number of nitrogens with one attached hydrogen (secondary N) is 1. The Kier molecular flexibility index (Phi) is 6.75. The Bertz CT molecular complexity index is 1000. The molecule has 1 amide bonds. The first-order valence-electron chi connectivity index (χ1n) is 9.77. The predicted molar refractivity (Wildman–Crippen MR) is 111 cm³/mol. The molecule has 0 atom stereocenters. The van der Waals surface area contributed by atoms with E-state index in [0.717, 1.165) is 12.1 Å². The summed E-state index contributed by atoms with van der Waals surface area (Å²) < 4.78 is 49.2. The van der Waals surface area contributed by atoms with Gasteiger partial charge in [-0.25, -0.2) is 0 Å². The number of ether oxygens (including phenoxy) is 2. The highest BCUT2D eigenvalue weighted by atomic mass is 19.4. The molecule has 1 N–H and O–H groups in total. The summed E-state index contributed by atoms with van der Waals surface area (Å²) in [5.74, 6) is 0.413. The van der Waals surface area contributed by atoms with E-state index in [2.05, 4.69) is 5.32 Å². The van der Waals surface area contributed by atoms with Crippen molar-refractivity contribution in [3.63, 3.8) is 0 Å². The van der Waals surface area contributed by atoms with Crippen LogP contribution in [0.25, 0.3) is 0 Å². The van der Waals surface area contributed by atoms with Crippen LogP contribution in [0.5, 0.6) is 11.5 Å². The van der Waals surface area contributed by atoms with E-state index in [9.17, 15) is 28.1 Å². The molecule has 0 saturated carbocycles. The van der Waals surface area contributed by atoms with Gasteiger partial charge in [0.15, 0.2) is 0 Å². The molecule has 2 aromatic carbocycles. The maximum atomic E-state index is 12.9. The molecular weight excluding hydrogens is 431 g/mol. The number of piperidine rings is 1. The Hall–Kier alpha value is -3.50. The normalized spacial score (nSPS) is 14.7. The van der Waals surface area contributed by atoms with Crippen LogP contribution in [0.15, 0.2) is 36.4 Å². The van der Waals surface area contributed by atoms with Crippen LogP contribution in [0, 0.1) is 16.0 Å². The number of nitro benzene ring substituents is 1. The van der Waals surface area contributed by atoms with Crippen LogP contribution in [0.2, 0.25) is 0 Å². The van der Waals surface area contributed by atoms with Crippen LogP contribution in [0.4, 0.5) is 30.2 Å². The molecule has 1 aliphatic heterocycles. The first kappa shape index (κ1) is 23.2. The van der Waals surface area contributed by atoms with Crippen LogP contribution in [-0.2, 0) is 11.0 Å². The second-order valence-corrected chi connectivity index (χ2v) is 7.28. The summed E-state index contributed by atoms with van der Waals surface area (Å²) >= 11 is 0. The molecule has 0 radical (unpaired) electrons. The zero-order valence-electron chi connectivity index (χ0n) is 17.4. The van der Waals surface area contributed by atoms with Gasteiger partial charge in [-0.2, -0.15) is 13.2 Å². The summed E-state index contributed by atoms with van der Waals surface area (Å²) in [6.07, 6.45) is -3.90. The molecule has 172 valence electrons. The number of rotatable bonds is 6. The third kappa shape index (κ3) is 5.04. The van der Waals surface area contributed by atoms with Crippen LogP contribution >= 0.6 is 0 Å². The Morgan fingerprint density at radius 1 is 1.12 bits per heavy atom. The lowest BCUT2D eigenvalue weighted by atomic mass is 9.95. The molecule has 1 aliphatic rings. The SMILES string of the molecule is COc1ccc(OC)c(NC(=O)C2CCN(c3ccc(C(F)(F)F)cc3[N+](=O)[O-])CC2)c1. The maximum Gasteiger partial charge on any atom is 0.416 e. The molecule has 2 aromatic rings. The summed E-state index contributed by atoms with van der Waals surface area (Å²) in [5.41, 5.74) is -1.12. The van der Waals surface area contributed by atoms with E-state index < -0.39 is 22.4 Å². The van der Waals surface area contributed by atoms with Crippen molar-refractivity contribution in [2.24, 2.45) is 5.92 Å². The molecule has 3 rings (SSSR count). The number of benzene rings is 2. The van der Waals surface area contributed by atoms with Gasteiger partial charge in [-0.1, -0.05) is 0 Å². The van der Waals surface area contributed by atoms with Crippen molar-refractivity contribution in [2.75, 3.05) is 37.5 Å². The van der Waals surface area contributed by atoms with Gasteiger partial charge in [-0.3, -0.25) is 14.9 Å². The van der Waals surface area contributed by atoms with E-state index in [1.807, 2.05) is 0 Å². The van der Waals surface area contributed by atoms with Gasteiger partial charge in [0.1, 0.15) is 17.2 Å². The topological polar surface area (TPSA) is 93.9 Å². The van der Waals surface area contributed by atoms with Crippen LogP contribution in [0.1, 0.15) is 18.4 Å². The van der Waals surface area contributed by atoms with Crippen molar-refractivity contribution in [3.8, 4) is 11.5 Å². The monoisotopic (exact) mass is 453 g/mol. The lowest BCUT2D eigenvalue weighted by Gasteiger charge is -2.32. The average molecular weight is 453 g/mol. The fraction of sp³-hybridized carbons (Fsp3) is 0.381. The summed E-state index contributed by atoms with van der Waals surface area (Å²) in [7, 11) is 2.98. The highest BCUT2D eigenvalue weighted by Crippen LogP contribution is 2.38. The molecule has 1 saturated heterocycles. The Morgan fingerprint density at radius 2 is 1.81 bits per heavy atom. The number of hydrogen-bond acceptors (Lipinski definition) is 6. The van der Waals surface area contributed by atoms with Gasteiger partial charge in [0, 0.05) is 31.1 Å². The second kappa shape index (κ2) is 9.33. The van der Waals surface area contributed by atoms with Gasteiger partial charge in [-0.15, -0.1) is 0 Å². The van der Waals surface area contributed by atoms with Crippen molar-refractivity contribution in [1.29, 1.82) is 0 Å². The second-order valence-electron chi connectivity index (χ2n) is 7.28. The molecule has 0 unspecified atom stereocenters. The van der Waals surface area contributed by atoms with E-state index in [1.165, 1.54) is 14.2 Å². The largest absolute Gasteiger partial charge is 0.497 e. The number of halogens is 3. The fourth-order valence-corrected chi connectivity index (χ4v) is 3.64. The van der Waals surface area contributed by atoms with Crippen LogP contribution in [0.3, 0.4) is 0 Å². The number of hydrogen-bond donors (Lipinski definition) is 1. The number of nitro groups is 1. The summed E-state index contributed by atoms with van der Waals surface area (Å²) in [4.78, 5) is 24.9.